The van der Waals surface area contributed by atoms with Gasteiger partial charge in [-0.1, -0.05) is 0 Å². The number of nitrogens with one attached hydrogen (secondary N) is 1. The predicted molar refractivity (Wildman–Crippen MR) is 73.8 cm³/mol. The lowest BCUT2D eigenvalue weighted by Gasteiger charge is -2.15. The Morgan fingerprint density at radius 3 is 2.69 bits per heavy atom. The fourth-order valence-electron chi connectivity index (χ4n) is 1.63. The summed E-state index contributed by atoms with van der Waals surface area (Å²) in [6.07, 6.45) is 3.77. The van der Waals surface area contributed by atoms with Crippen LogP contribution >= 0.6 is 43.2 Å². The predicted octanol–water partition coefficient (Wildman–Crippen LogP) is 3.32. The molecular formula is C10H11Br2N3S. The first-order valence-corrected chi connectivity index (χ1v) is 7.13. The maximum Gasteiger partial charge on any atom is 0.130 e. The maximum absolute atomic E-state index is 4.38. The summed E-state index contributed by atoms with van der Waals surface area (Å²) in [6.45, 7) is 0. The number of thiophene rings is 1. The van der Waals surface area contributed by atoms with Gasteiger partial charge in [-0.3, -0.25) is 0 Å². The molecule has 0 aliphatic rings. The maximum atomic E-state index is 4.38. The Bertz CT molecular complexity index is 492. The Morgan fingerprint density at radius 1 is 1.50 bits per heavy atom. The second-order valence-electron chi connectivity index (χ2n) is 3.40. The first-order chi connectivity index (χ1) is 7.63. The molecule has 2 aromatic rings. The van der Waals surface area contributed by atoms with E-state index in [2.05, 4.69) is 48.2 Å². The molecule has 2 aromatic heterocycles. The van der Waals surface area contributed by atoms with Crippen molar-refractivity contribution in [2.75, 3.05) is 7.05 Å². The summed E-state index contributed by atoms with van der Waals surface area (Å²) in [6, 6.07) is 2.22. The van der Waals surface area contributed by atoms with Gasteiger partial charge in [-0.25, -0.2) is 4.98 Å². The highest BCUT2D eigenvalue weighted by Crippen LogP contribution is 2.37. The smallest absolute Gasteiger partial charge is 0.130 e. The molecule has 0 saturated carbocycles. The standard InChI is InChI=1S/C10H11Br2N3S/c1-13-8(10-14-3-4-15(10)2)6-5-7(11)16-9(6)12/h3-5,8,13H,1-2H3. The van der Waals surface area contributed by atoms with E-state index in [1.165, 1.54) is 5.56 Å². The fraction of sp³-hybridized carbons (Fsp3) is 0.300. The van der Waals surface area contributed by atoms with Gasteiger partial charge in [-0.15, -0.1) is 11.3 Å². The molecule has 0 spiro atoms. The average molecular weight is 365 g/mol. The summed E-state index contributed by atoms with van der Waals surface area (Å²) in [5, 5.41) is 3.29. The van der Waals surface area contributed by atoms with Crippen molar-refractivity contribution in [1.82, 2.24) is 14.9 Å². The minimum Gasteiger partial charge on any atom is -0.336 e. The van der Waals surface area contributed by atoms with Gasteiger partial charge in [-0.2, -0.15) is 0 Å². The van der Waals surface area contributed by atoms with Gasteiger partial charge in [0.15, 0.2) is 0 Å². The van der Waals surface area contributed by atoms with E-state index in [0.29, 0.717) is 0 Å². The summed E-state index contributed by atoms with van der Waals surface area (Å²) in [5.41, 5.74) is 1.20. The SMILES string of the molecule is CNC(c1cc(Br)sc1Br)c1nccn1C. The summed E-state index contributed by atoms with van der Waals surface area (Å²) < 4.78 is 4.27. The Morgan fingerprint density at radius 2 is 2.25 bits per heavy atom. The number of hydrogen-bond donors (Lipinski definition) is 1. The van der Waals surface area contributed by atoms with Crippen LogP contribution in [0.4, 0.5) is 0 Å². The van der Waals surface area contributed by atoms with Crippen LogP contribution in [-0.2, 0) is 7.05 Å². The van der Waals surface area contributed by atoms with Crippen LogP contribution in [0, 0.1) is 0 Å². The molecule has 0 fully saturated rings. The number of imidazole rings is 1. The van der Waals surface area contributed by atoms with Crippen molar-refractivity contribution in [3.63, 3.8) is 0 Å². The van der Waals surface area contributed by atoms with E-state index < -0.39 is 0 Å². The number of aryl methyl sites for hydroxylation is 1. The number of aromatic nitrogens is 2. The third-order valence-corrected chi connectivity index (χ3v) is 4.79. The second kappa shape index (κ2) is 5.00. The first kappa shape index (κ1) is 12.3. The molecule has 86 valence electrons. The van der Waals surface area contributed by atoms with E-state index in [4.69, 9.17) is 0 Å². The Labute approximate surface area is 115 Å². The largest absolute Gasteiger partial charge is 0.336 e. The van der Waals surface area contributed by atoms with Crippen LogP contribution in [0.5, 0.6) is 0 Å². The van der Waals surface area contributed by atoms with Gasteiger partial charge in [0.05, 0.1) is 13.6 Å². The third-order valence-electron chi connectivity index (χ3n) is 2.40. The van der Waals surface area contributed by atoms with E-state index in [0.717, 1.165) is 13.4 Å². The number of rotatable bonds is 3. The average Bonchev–Trinajstić information content (AvgIpc) is 2.77. The highest BCUT2D eigenvalue weighted by molar-refractivity contribution is 9.12. The monoisotopic (exact) mass is 363 g/mol. The van der Waals surface area contributed by atoms with Crippen LogP contribution in [0.3, 0.4) is 0 Å². The van der Waals surface area contributed by atoms with Crippen molar-refractivity contribution in [3.8, 4) is 0 Å². The van der Waals surface area contributed by atoms with Gasteiger partial charge < -0.3 is 9.88 Å². The molecule has 6 heteroatoms. The van der Waals surface area contributed by atoms with Crippen molar-refractivity contribution in [2.24, 2.45) is 7.05 Å². The lowest BCUT2D eigenvalue weighted by Crippen LogP contribution is -2.20. The lowest BCUT2D eigenvalue weighted by atomic mass is 10.1. The minimum atomic E-state index is 0.108. The van der Waals surface area contributed by atoms with Gasteiger partial charge in [0.2, 0.25) is 0 Å². The molecule has 1 atom stereocenters. The van der Waals surface area contributed by atoms with Crippen LogP contribution < -0.4 is 5.32 Å². The molecule has 0 aliphatic heterocycles. The zero-order chi connectivity index (χ0) is 11.7. The summed E-state index contributed by atoms with van der Waals surface area (Å²) in [7, 11) is 3.94. The van der Waals surface area contributed by atoms with Crippen molar-refractivity contribution in [1.29, 1.82) is 0 Å². The van der Waals surface area contributed by atoms with E-state index in [1.54, 1.807) is 11.3 Å². The van der Waals surface area contributed by atoms with Gasteiger partial charge in [0.25, 0.3) is 0 Å². The lowest BCUT2D eigenvalue weighted by molar-refractivity contribution is 0.617. The van der Waals surface area contributed by atoms with Gasteiger partial charge in [0, 0.05) is 25.0 Å². The van der Waals surface area contributed by atoms with E-state index in [1.807, 2.05) is 31.1 Å². The van der Waals surface area contributed by atoms with E-state index >= 15 is 0 Å². The van der Waals surface area contributed by atoms with E-state index in [9.17, 15) is 0 Å². The van der Waals surface area contributed by atoms with Crippen LogP contribution in [0.15, 0.2) is 26.0 Å². The van der Waals surface area contributed by atoms with Gasteiger partial charge >= 0.3 is 0 Å². The minimum absolute atomic E-state index is 0.108. The van der Waals surface area contributed by atoms with Gasteiger partial charge in [0.1, 0.15) is 5.82 Å². The molecule has 2 heterocycles. The summed E-state index contributed by atoms with van der Waals surface area (Å²) >= 11 is 8.75. The van der Waals surface area contributed by atoms with Crippen LogP contribution in [0.1, 0.15) is 17.4 Å². The Hall–Kier alpha value is -0.170. The third kappa shape index (κ3) is 2.25. The molecule has 16 heavy (non-hydrogen) atoms. The molecule has 0 aliphatic carbocycles. The normalized spacial score (nSPS) is 13.0. The zero-order valence-electron chi connectivity index (χ0n) is 8.87. The van der Waals surface area contributed by atoms with Crippen LogP contribution in [-0.4, -0.2) is 16.6 Å². The van der Waals surface area contributed by atoms with Crippen molar-refractivity contribution < 1.29 is 0 Å². The van der Waals surface area contributed by atoms with Crippen molar-refractivity contribution >= 4 is 43.2 Å². The number of hydrogen-bond acceptors (Lipinski definition) is 3. The van der Waals surface area contributed by atoms with Crippen molar-refractivity contribution in [2.45, 2.75) is 6.04 Å². The van der Waals surface area contributed by atoms with Gasteiger partial charge in [-0.05, 0) is 45.0 Å². The molecule has 3 nitrogen and oxygen atoms in total. The Kier molecular flexibility index (Phi) is 3.84. The quantitative estimate of drug-likeness (QED) is 0.905. The van der Waals surface area contributed by atoms with Crippen molar-refractivity contribution in [3.05, 3.63) is 37.4 Å². The molecule has 0 aromatic carbocycles. The fourth-order valence-corrected chi connectivity index (χ4v) is 4.53. The molecular weight excluding hydrogens is 354 g/mol. The molecule has 0 bridgehead atoms. The number of nitrogens with zero attached hydrogens (tertiary/aromatic N) is 2. The highest BCUT2D eigenvalue weighted by Gasteiger charge is 2.20. The molecule has 2 rings (SSSR count). The highest BCUT2D eigenvalue weighted by atomic mass is 79.9. The van der Waals surface area contributed by atoms with E-state index in [-0.39, 0.29) is 6.04 Å². The first-order valence-electron chi connectivity index (χ1n) is 4.72. The number of halogens is 2. The second-order valence-corrected chi connectivity index (χ2v) is 7.15. The molecule has 1 N–H and O–H groups in total. The molecule has 0 radical (unpaired) electrons. The molecule has 0 amide bonds. The summed E-state index contributed by atoms with van der Waals surface area (Å²) in [4.78, 5) is 4.38. The molecule has 1 unspecified atom stereocenters. The summed E-state index contributed by atoms with van der Waals surface area (Å²) in [5.74, 6) is 1.01. The van der Waals surface area contributed by atoms with Crippen LogP contribution in [0.25, 0.3) is 0 Å². The molecule has 0 saturated heterocycles. The zero-order valence-corrected chi connectivity index (χ0v) is 12.9. The topological polar surface area (TPSA) is 29.9 Å². The van der Waals surface area contributed by atoms with Crippen LogP contribution in [0.2, 0.25) is 0 Å². The Balaban J connectivity index is 2.44.